The topological polar surface area (TPSA) is 25.8 Å². The van der Waals surface area contributed by atoms with E-state index in [4.69, 9.17) is 21.6 Å². The maximum absolute atomic E-state index is 6.27. The maximum Gasteiger partial charge on any atom is 0.161 e. The van der Waals surface area contributed by atoms with E-state index in [0.717, 1.165) is 39.2 Å². The highest BCUT2D eigenvalue weighted by Crippen LogP contribution is 2.34. The number of hydrogen-bond acceptors (Lipinski definition) is 2. The summed E-state index contributed by atoms with van der Waals surface area (Å²) in [6.07, 6.45) is 0. The van der Waals surface area contributed by atoms with Crippen molar-refractivity contribution < 1.29 is 0 Å². The highest BCUT2D eigenvalue weighted by molar-refractivity contribution is 6.30. The van der Waals surface area contributed by atoms with Crippen LogP contribution in [0, 0.1) is 0 Å². The van der Waals surface area contributed by atoms with Gasteiger partial charge in [-0.25, -0.2) is 9.97 Å². The number of nitrogens with zero attached hydrogens (tertiary/aromatic N) is 2. The SMILES string of the molecule is Clc1cccc(-c2ccccc2-c2nc(-c3ccccc3)cc(-c3ccccc3)n2)c1. The van der Waals surface area contributed by atoms with Gasteiger partial charge in [-0.15, -0.1) is 0 Å². The minimum absolute atomic E-state index is 0.691. The van der Waals surface area contributed by atoms with Crippen LogP contribution in [0.4, 0.5) is 0 Å². The van der Waals surface area contributed by atoms with Gasteiger partial charge in [-0.2, -0.15) is 0 Å². The van der Waals surface area contributed by atoms with E-state index in [0.29, 0.717) is 10.8 Å². The first kappa shape index (κ1) is 19.2. The lowest BCUT2D eigenvalue weighted by Crippen LogP contribution is -1.97. The quantitative estimate of drug-likeness (QED) is 0.297. The van der Waals surface area contributed by atoms with E-state index in [1.165, 1.54) is 0 Å². The molecule has 2 nitrogen and oxygen atoms in total. The second kappa shape index (κ2) is 8.55. The van der Waals surface area contributed by atoms with Crippen molar-refractivity contribution in [3.63, 3.8) is 0 Å². The molecular weight excluding hydrogens is 400 g/mol. The van der Waals surface area contributed by atoms with Crippen molar-refractivity contribution in [1.29, 1.82) is 0 Å². The maximum atomic E-state index is 6.27. The summed E-state index contributed by atoms with van der Waals surface area (Å²) in [5.41, 5.74) is 6.97. The summed E-state index contributed by atoms with van der Waals surface area (Å²) >= 11 is 6.27. The lowest BCUT2D eigenvalue weighted by molar-refractivity contribution is 1.18. The van der Waals surface area contributed by atoms with Crippen LogP contribution in [0.1, 0.15) is 0 Å². The van der Waals surface area contributed by atoms with Crippen LogP contribution in [-0.4, -0.2) is 9.97 Å². The van der Waals surface area contributed by atoms with Crippen molar-refractivity contribution in [1.82, 2.24) is 9.97 Å². The Morgan fingerprint density at radius 3 is 1.55 bits per heavy atom. The molecule has 0 aliphatic rings. The van der Waals surface area contributed by atoms with Gasteiger partial charge in [0.1, 0.15) is 0 Å². The van der Waals surface area contributed by atoms with Crippen LogP contribution in [0.3, 0.4) is 0 Å². The molecule has 0 fully saturated rings. The van der Waals surface area contributed by atoms with E-state index in [-0.39, 0.29) is 0 Å². The molecule has 0 bridgehead atoms. The lowest BCUT2D eigenvalue weighted by atomic mass is 9.98. The van der Waals surface area contributed by atoms with Crippen LogP contribution in [0.25, 0.3) is 45.0 Å². The summed E-state index contributed by atoms with van der Waals surface area (Å²) in [5, 5.41) is 0.705. The standard InChI is InChI=1S/C28H19ClN2/c29-23-15-9-14-22(18-23)24-16-7-8-17-25(24)28-30-26(20-10-3-1-4-11-20)19-27(31-28)21-12-5-2-6-13-21/h1-19H. The number of rotatable bonds is 4. The van der Waals surface area contributed by atoms with Crippen molar-refractivity contribution in [2.24, 2.45) is 0 Å². The Morgan fingerprint density at radius 2 is 0.968 bits per heavy atom. The van der Waals surface area contributed by atoms with Gasteiger partial charge in [-0.1, -0.05) is 109 Å². The van der Waals surface area contributed by atoms with Gasteiger partial charge in [-0.3, -0.25) is 0 Å². The van der Waals surface area contributed by atoms with Crippen molar-refractivity contribution in [3.8, 4) is 45.0 Å². The molecule has 3 heteroatoms. The summed E-state index contributed by atoms with van der Waals surface area (Å²) in [6, 6.07) is 38.5. The molecule has 1 heterocycles. The van der Waals surface area contributed by atoms with Crippen LogP contribution in [0.2, 0.25) is 5.02 Å². The molecule has 0 aliphatic heterocycles. The third kappa shape index (κ3) is 4.11. The average Bonchev–Trinajstić information content (AvgIpc) is 2.85. The Labute approximate surface area is 186 Å². The molecule has 4 aromatic carbocycles. The van der Waals surface area contributed by atoms with Crippen LogP contribution in [-0.2, 0) is 0 Å². The van der Waals surface area contributed by atoms with Crippen molar-refractivity contribution in [2.75, 3.05) is 0 Å². The largest absolute Gasteiger partial charge is 0.228 e. The smallest absolute Gasteiger partial charge is 0.161 e. The Balaban J connectivity index is 1.73. The molecule has 1 aromatic heterocycles. The van der Waals surface area contributed by atoms with E-state index in [9.17, 15) is 0 Å². The summed E-state index contributed by atoms with van der Waals surface area (Å²) in [6.45, 7) is 0. The second-order valence-corrected chi connectivity index (χ2v) is 7.69. The highest BCUT2D eigenvalue weighted by Gasteiger charge is 2.14. The first-order valence-corrected chi connectivity index (χ1v) is 10.5. The van der Waals surface area contributed by atoms with E-state index in [2.05, 4.69) is 48.5 Å². The minimum atomic E-state index is 0.691. The fourth-order valence-electron chi connectivity index (χ4n) is 3.67. The molecule has 0 aliphatic carbocycles. The Kier molecular flexibility index (Phi) is 5.30. The average molecular weight is 419 g/mol. The molecule has 0 atom stereocenters. The zero-order valence-electron chi connectivity index (χ0n) is 16.7. The Morgan fingerprint density at radius 1 is 0.452 bits per heavy atom. The number of hydrogen-bond donors (Lipinski definition) is 0. The highest BCUT2D eigenvalue weighted by atomic mass is 35.5. The zero-order valence-corrected chi connectivity index (χ0v) is 17.5. The molecule has 0 unspecified atom stereocenters. The van der Waals surface area contributed by atoms with E-state index in [1.54, 1.807) is 0 Å². The number of aromatic nitrogens is 2. The predicted molar refractivity (Wildman–Crippen MR) is 129 cm³/mol. The van der Waals surface area contributed by atoms with Gasteiger partial charge in [0.2, 0.25) is 0 Å². The molecule has 5 rings (SSSR count). The predicted octanol–water partition coefficient (Wildman–Crippen LogP) is 7.80. The van der Waals surface area contributed by atoms with E-state index >= 15 is 0 Å². The minimum Gasteiger partial charge on any atom is -0.228 e. The normalized spacial score (nSPS) is 10.7. The van der Waals surface area contributed by atoms with Crippen LogP contribution < -0.4 is 0 Å². The summed E-state index contributed by atoms with van der Waals surface area (Å²) in [7, 11) is 0. The molecule has 31 heavy (non-hydrogen) atoms. The third-order valence-electron chi connectivity index (χ3n) is 5.17. The van der Waals surface area contributed by atoms with Crippen LogP contribution >= 0.6 is 11.6 Å². The monoisotopic (exact) mass is 418 g/mol. The summed E-state index contributed by atoms with van der Waals surface area (Å²) in [4.78, 5) is 9.93. The molecular formula is C28H19ClN2. The third-order valence-corrected chi connectivity index (χ3v) is 5.40. The first-order chi connectivity index (χ1) is 15.3. The molecule has 0 N–H and O–H groups in total. The van der Waals surface area contributed by atoms with Crippen molar-refractivity contribution in [3.05, 3.63) is 120 Å². The molecule has 0 saturated heterocycles. The fourth-order valence-corrected chi connectivity index (χ4v) is 3.86. The van der Waals surface area contributed by atoms with Crippen LogP contribution in [0.5, 0.6) is 0 Å². The van der Waals surface area contributed by atoms with Gasteiger partial charge in [0.15, 0.2) is 5.82 Å². The van der Waals surface area contributed by atoms with Gasteiger partial charge in [-0.05, 0) is 29.3 Å². The van der Waals surface area contributed by atoms with Crippen LogP contribution in [0.15, 0.2) is 115 Å². The molecule has 0 saturated carbocycles. The van der Waals surface area contributed by atoms with Gasteiger partial charge in [0.05, 0.1) is 11.4 Å². The number of halogens is 1. The summed E-state index contributed by atoms with van der Waals surface area (Å²) in [5.74, 6) is 0.691. The summed E-state index contributed by atoms with van der Waals surface area (Å²) < 4.78 is 0. The fraction of sp³-hybridized carbons (Fsp3) is 0. The van der Waals surface area contributed by atoms with E-state index < -0.39 is 0 Å². The molecule has 148 valence electrons. The van der Waals surface area contributed by atoms with E-state index in [1.807, 2.05) is 66.7 Å². The number of benzene rings is 4. The van der Waals surface area contributed by atoms with Crippen molar-refractivity contribution >= 4 is 11.6 Å². The molecule has 0 spiro atoms. The van der Waals surface area contributed by atoms with Gasteiger partial charge in [0.25, 0.3) is 0 Å². The molecule has 5 aromatic rings. The molecule has 0 radical (unpaired) electrons. The Bertz CT molecular complexity index is 1270. The van der Waals surface area contributed by atoms with Gasteiger partial charge < -0.3 is 0 Å². The zero-order chi connectivity index (χ0) is 21.0. The van der Waals surface area contributed by atoms with Crippen molar-refractivity contribution in [2.45, 2.75) is 0 Å². The Hall–Kier alpha value is -3.75. The lowest BCUT2D eigenvalue weighted by Gasteiger charge is -2.13. The first-order valence-electron chi connectivity index (χ1n) is 10.1. The second-order valence-electron chi connectivity index (χ2n) is 7.25. The molecule has 0 amide bonds. The van der Waals surface area contributed by atoms with Gasteiger partial charge >= 0.3 is 0 Å². The van der Waals surface area contributed by atoms with Gasteiger partial charge in [0, 0.05) is 21.7 Å².